The quantitative estimate of drug-likeness (QED) is 0.758. The molecular formula is C15H12F3IO. The third-order valence-corrected chi connectivity index (χ3v) is 3.68. The van der Waals surface area contributed by atoms with Crippen LogP contribution in [0.25, 0.3) is 0 Å². The number of rotatable bonds is 3. The maximum atomic E-state index is 12.4. The summed E-state index contributed by atoms with van der Waals surface area (Å²) < 4.78 is 38.4. The van der Waals surface area contributed by atoms with Crippen molar-refractivity contribution in [2.24, 2.45) is 0 Å². The van der Waals surface area contributed by atoms with Crippen LogP contribution in [0.1, 0.15) is 22.8 Å². The molecule has 0 fully saturated rings. The molecule has 2 rings (SSSR count). The summed E-state index contributed by atoms with van der Waals surface area (Å²) >= 11 is 2.18. The summed E-state index contributed by atoms with van der Waals surface area (Å²) in [7, 11) is 0. The molecule has 0 aliphatic heterocycles. The van der Waals surface area contributed by atoms with Gasteiger partial charge < -0.3 is 5.11 Å². The molecule has 1 N–H and O–H groups in total. The van der Waals surface area contributed by atoms with E-state index in [-0.39, 0.29) is 0 Å². The molecule has 20 heavy (non-hydrogen) atoms. The number of halogens is 4. The van der Waals surface area contributed by atoms with Gasteiger partial charge in [0.1, 0.15) is 0 Å². The van der Waals surface area contributed by atoms with Crippen molar-refractivity contribution >= 4 is 22.6 Å². The van der Waals surface area contributed by atoms with Crippen LogP contribution in [0.2, 0.25) is 0 Å². The third-order valence-electron chi connectivity index (χ3n) is 2.97. The summed E-state index contributed by atoms with van der Waals surface area (Å²) in [5.41, 5.74) is 0.720. The van der Waals surface area contributed by atoms with E-state index in [1.165, 1.54) is 12.1 Å². The van der Waals surface area contributed by atoms with Gasteiger partial charge in [-0.15, -0.1) is 0 Å². The van der Waals surface area contributed by atoms with Gasteiger partial charge >= 0.3 is 6.18 Å². The Morgan fingerprint density at radius 2 is 1.50 bits per heavy atom. The van der Waals surface area contributed by atoms with Gasteiger partial charge in [0.25, 0.3) is 0 Å². The molecule has 1 unspecified atom stereocenters. The second kappa shape index (κ2) is 6.13. The largest absolute Gasteiger partial charge is 0.416 e. The van der Waals surface area contributed by atoms with Gasteiger partial charge in [-0.05, 0) is 58.0 Å². The molecule has 0 spiro atoms. The average Bonchev–Trinajstić information content (AvgIpc) is 2.40. The lowest BCUT2D eigenvalue weighted by Crippen LogP contribution is -2.06. The monoisotopic (exact) mass is 392 g/mol. The number of benzene rings is 2. The molecule has 2 aromatic rings. The predicted octanol–water partition coefficient (Wildman–Crippen LogP) is 4.59. The fourth-order valence-electron chi connectivity index (χ4n) is 1.86. The fraction of sp³-hybridized carbons (Fsp3) is 0.200. The van der Waals surface area contributed by atoms with Crippen molar-refractivity contribution in [3.63, 3.8) is 0 Å². The molecule has 1 nitrogen and oxygen atoms in total. The van der Waals surface area contributed by atoms with Crippen LogP contribution in [0, 0.1) is 3.57 Å². The Morgan fingerprint density at radius 3 is 2.00 bits per heavy atom. The number of hydrogen-bond acceptors (Lipinski definition) is 1. The second-order valence-electron chi connectivity index (χ2n) is 4.47. The Kier molecular flexibility index (Phi) is 4.70. The first-order valence-corrected chi connectivity index (χ1v) is 7.04. The zero-order valence-electron chi connectivity index (χ0n) is 10.4. The van der Waals surface area contributed by atoms with E-state index < -0.39 is 17.8 Å². The van der Waals surface area contributed by atoms with E-state index >= 15 is 0 Å². The van der Waals surface area contributed by atoms with E-state index in [2.05, 4.69) is 22.6 Å². The van der Waals surface area contributed by atoms with Crippen molar-refractivity contribution in [1.29, 1.82) is 0 Å². The van der Waals surface area contributed by atoms with Crippen LogP contribution in [0.5, 0.6) is 0 Å². The molecular weight excluding hydrogens is 380 g/mol. The molecule has 0 saturated heterocycles. The first-order chi connectivity index (χ1) is 9.36. The first kappa shape index (κ1) is 15.3. The Balaban J connectivity index is 2.09. The molecule has 106 valence electrons. The van der Waals surface area contributed by atoms with E-state index in [9.17, 15) is 18.3 Å². The summed E-state index contributed by atoms with van der Waals surface area (Å²) in [5.74, 6) is 0. The molecule has 0 bridgehead atoms. The molecule has 5 heteroatoms. The number of aliphatic hydroxyl groups excluding tert-OH is 1. The first-order valence-electron chi connectivity index (χ1n) is 5.96. The molecule has 0 aliphatic rings. The average molecular weight is 392 g/mol. The molecule has 1 atom stereocenters. The minimum atomic E-state index is -4.35. The van der Waals surface area contributed by atoms with Crippen molar-refractivity contribution in [2.45, 2.75) is 18.7 Å². The van der Waals surface area contributed by atoms with Crippen LogP contribution >= 0.6 is 22.6 Å². The lowest BCUT2D eigenvalue weighted by Gasteiger charge is -2.13. The van der Waals surface area contributed by atoms with Gasteiger partial charge in [0.05, 0.1) is 11.7 Å². The Bertz CT molecular complexity index is 561. The maximum Gasteiger partial charge on any atom is 0.416 e. The van der Waals surface area contributed by atoms with E-state index in [1.807, 2.05) is 24.3 Å². The van der Waals surface area contributed by atoms with E-state index in [1.54, 1.807) is 0 Å². The van der Waals surface area contributed by atoms with Crippen molar-refractivity contribution < 1.29 is 18.3 Å². The molecule has 0 saturated carbocycles. The molecule has 0 aliphatic carbocycles. The van der Waals surface area contributed by atoms with Gasteiger partial charge in [-0.2, -0.15) is 13.2 Å². The number of hydrogen-bond donors (Lipinski definition) is 1. The van der Waals surface area contributed by atoms with E-state index in [0.29, 0.717) is 12.0 Å². The smallest absolute Gasteiger partial charge is 0.388 e. The highest BCUT2D eigenvalue weighted by atomic mass is 127. The van der Waals surface area contributed by atoms with Gasteiger partial charge in [0, 0.05) is 9.99 Å². The highest BCUT2D eigenvalue weighted by Crippen LogP contribution is 2.30. The molecule has 0 radical (unpaired) electrons. The minimum absolute atomic E-state index is 0.377. The highest BCUT2D eigenvalue weighted by molar-refractivity contribution is 14.1. The summed E-state index contributed by atoms with van der Waals surface area (Å²) in [4.78, 5) is 0. The predicted molar refractivity (Wildman–Crippen MR) is 79.3 cm³/mol. The van der Waals surface area contributed by atoms with Gasteiger partial charge in [-0.1, -0.05) is 24.3 Å². The molecule has 0 amide bonds. The van der Waals surface area contributed by atoms with Crippen molar-refractivity contribution in [3.8, 4) is 0 Å². The van der Waals surface area contributed by atoms with E-state index in [0.717, 1.165) is 21.3 Å². The van der Waals surface area contributed by atoms with Gasteiger partial charge in [-0.25, -0.2) is 0 Å². The van der Waals surface area contributed by atoms with Gasteiger partial charge in [0.15, 0.2) is 0 Å². The molecule has 2 aromatic carbocycles. The minimum Gasteiger partial charge on any atom is -0.388 e. The zero-order valence-corrected chi connectivity index (χ0v) is 12.5. The lowest BCUT2D eigenvalue weighted by atomic mass is 10.0. The van der Waals surface area contributed by atoms with Crippen LogP contribution in [-0.4, -0.2) is 5.11 Å². The van der Waals surface area contributed by atoms with Crippen molar-refractivity contribution in [2.75, 3.05) is 0 Å². The summed E-state index contributed by atoms with van der Waals surface area (Å²) in [6.45, 7) is 0. The highest BCUT2D eigenvalue weighted by Gasteiger charge is 2.30. The second-order valence-corrected chi connectivity index (χ2v) is 5.71. The third kappa shape index (κ3) is 3.96. The lowest BCUT2D eigenvalue weighted by molar-refractivity contribution is -0.137. The van der Waals surface area contributed by atoms with Crippen molar-refractivity contribution in [3.05, 3.63) is 68.8 Å². The summed E-state index contributed by atoms with van der Waals surface area (Å²) in [5, 5.41) is 10.1. The fourth-order valence-corrected chi connectivity index (χ4v) is 2.22. The Labute approximate surface area is 128 Å². The van der Waals surface area contributed by atoms with E-state index in [4.69, 9.17) is 0 Å². The van der Waals surface area contributed by atoms with Crippen LogP contribution in [0.15, 0.2) is 48.5 Å². The SMILES string of the molecule is OC(Cc1ccc(I)cc1)c1ccc(C(F)(F)F)cc1. The topological polar surface area (TPSA) is 20.2 Å². The summed E-state index contributed by atoms with van der Waals surface area (Å²) in [6, 6.07) is 12.3. The zero-order chi connectivity index (χ0) is 14.8. The van der Waals surface area contributed by atoms with Crippen LogP contribution in [0.4, 0.5) is 13.2 Å². The van der Waals surface area contributed by atoms with Crippen LogP contribution < -0.4 is 0 Å². The van der Waals surface area contributed by atoms with Crippen LogP contribution in [-0.2, 0) is 12.6 Å². The Morgan fingerprint density at radius 1 is 0.950 bits per heavy atom. The number of aliphatic hydroxyl groups is 1. The molecule has 0 heterocycles. The summed E-state index contributed by atoms with van der Waals surface area (Å²) in [6.07, 6.45) is -4.78. The van der Waals surface area contributed by atoms with Gasteiger partial charge in [-0.3, -0.25) is 0 Å². The van der Waals surface area contributed by atoms with Crippen LogP contribution in [0.3, 0.4) is 0 Å². The van der Waals surface area contributed by atoms with Crippen molar-refractivity contribution in [1.82, 2.24) is 0 Å². The maximum absolute atomic E-state index is 12.4. The number of alkyl halides is 3. The normalized spacial score (nSPS) is 13.2. The standard InChI is InChI=1S/C15H12F3IO/c16-15(17,18)12-5-3-11(4-6-12)14(20)9-10-1-7-13(19)8-2-10/h1-8,14,20H,9H2. The van der Waals surface area contributed by atoms with Gasteiger partial charge in [0.2, 0.25) is 0 Å². The Hall–Kier alpha value is -1.08. The molecule has 0 aromatic heterocycles.